The molecule has 0 spiro atoms. The molecule has 1 atom stereocenters. The number of rotatable bonds is 12. The number of aliphatic carboxylic acids is 1. The Kier molecular flexibility index (Phi) is 6.82. The second kappa shape index (κ2) is 8.65. The lowest BCUT2D eigenvalue weighted by Crippen LogP contribution is -2.26. The predicted molar refractivity (Wildman–Crippen MR) is 95.3 cm³/mol. The molecule has 2 rings (SSSR count). The topological polar surface area (TPSA) is 76.1 Å². The number of carboxylic acids is 1. The van der Waals surface area contributed by atoms with E-state index in [9.17, 15) is 14.7 Å². The van der Waals surface area contributed by atoms with Gasteiger partial charge in [0.25, 0.3) is 0 Å². The van der Waals surface area contributed by atoms with Crippen molar-refractivity contribution in [1.82, 2.24) is 0 Å². The molecule has 1 N–H and O–H groups in total. The zero-order valence-electron chi connectivity index (χ0n) is 15.4. The van der Waals surface area contributed by atoms with Gasteiger partial charge in [-0.05, 0) is 32.1 Å². The molecule has 0 aromatic heterocycles. The van der Waals surface area contributed by atoms with Gasteiger partial charge in [0.1, 0.15) is 11.7 Å². The summed E-state index contributed by atoms with van der Waals surface area (Å²) in [7, 11) is 0. The van der Waals surface area contributed by atoms with Crippen LogP contribution in [0.1, 0.15) is 71.6 Å². The molecule has 1 heterocycles. The molecule has 0 bridgehead atoms. The van der Waals surface area contributed by atoms with Gasteiger partial charge in [-0.2, -0.15) is 0 Å². The van der Waals surface area contributed by atoms with Crippen molar-refractivity contribution < 1.29 is 24.2 Å². The number of ether oxygens (including phenoxy) is 2. The molecule has 0 radical (unpaired) electrons. The molecule has 1 saturated carbocycles. The lowest BCUT2D eigenvalue weighted by Gasteiger charge is -2.17. The highest BCUT2D eigenvalue weighted by molar-refractivity contribution is 5.91. The zero-order chi connectivity index (χ0) is 18.4. The lowest BCUT2D eigenvalue weighted by atomic mass is 9.94. The number of allylic oxidation sites excluding steroid dienone is 1. The summed E-state index contributed by atoms with van der Waals surface area (Å²) >= 11 is 0. The Morgan fingerprint density at radius 1 is 1.24 bits per heavy atom. The molecule has 2 fully saturated rings. The quantitative estimate of drug-likeness (QED) is 0.247. The lowest BCUT2D eigenvalue weighted by molar-refractivity contribution is -0.147. The molecule has 25 heavy (non-hydrogen) atoms. The predicted octanol–water partition coefficient (Wildman–Crippen LogP) is 4.17. The Morgan fingerprint density at radius 2 is 1.92 bits per heavy atom. The first-order valence-corrected chi connectivity index (χ1v) is 9.40. The molecule has 1 unspecified atom stereocenters. The second-order valence-electron chi connectivity index (χ2n) is 7.11. The van der Waals surface area contributed by atoms with Crippen molar-refractivity contribution in [2.75, 3.05) is 6.61 Å². The van der Waals surface area contributed by atoms with Gasteiger partial charge in [-0.25, -0.2) is 9.59 Å². The minimum absolute atomic E-state index is 0.0404. The maximum atomic E-state index is 12.3. The van der Waals surface area contributed by atoms with Crippen LogP contribution in [0.5, 0.6) is 0 Å². The third kappa shape index (κ3) is 5.43. The van der Waals surface area contributed by atoms with E-state index in [-0.39, 0.29) is 12.5 Å². The summed E-state index contributed by atoms with van der Waals surface area (Å²) in [5, 5.41) is 9.54. The number of esters is 1. The SMILES string of the molecule is C=C(CC(CC)=C(CCCCCC)C(=O)O)C(=O)OC1(C2CO2)CC1. The van der Waals surface area contributed by atoms with E-state index in [0.29, 0.717) is 30.6 Å². The van der Waals surface area contributed by atoms with Gasteiger partial charge < -0.3 is 14.6 Å². The van der Waals surface area contributed by atoms with Crippen LogP contribution < -0.4 is 0 Å². The average Bonchev–Trinajstić information content (AvgIpc) is 3.45. The second-order valence-corrected chi connectivity index (χ2v) is 7.11. The Bertz CT molecular complexity index is 552. The molecule has 2 aliphatic rings. The number of epoxide rings is 1. The molecular weight excluding hydrogens is 320 g/mol. The van der Waals surface area contributed by atoms with Crippen molar-refractivity contribution in [3.05, 3.63) is 23.3 Å². The van der Waals surface area contributed by atoms with E-state index in [2.05, 4.69) is 13.5 Å². The van der Waals surface area contributed by atoms with Crippen molar-refractivity contribution in [2.24, 2.45) is 0 Å². The summed E-state index contributed by atoms with van der Waals surface area (Å²) in [5.41, 5.74) is 1.10. The fourth-order valence-electron chi connectivity index (χ4n) is 3.16. The van der Waals surface area contributed by atoms with Crippen LogP contribution >= 0.6 is 0 Å². The Hall–Kier alpha value is -1.62. The minimum Gasteiger partial charge on any atom is -0.478 e. The van der Waals surface area contributed by atoms with E-state index >= 15 is 0 Å². The monoisotopic (exact) mass is 350 g/mol. The van der Waals surface area contributed by atoms with Crippen LogP contribution in [0.3, 0.4) is 0 Å². The summed E-state index contributed by atoms with van der Waals surface area (Å²) in [6.07, 6.45) is 7.23. The Labute approximate surface area is 150 Å². The molecule has 1 aliphatic heterocycles. The zero-order valence-corrected chi connectivity index (χ0v) is 15.4. The fourth-order valence-corrected chi connectivity index (χ4v) is 3.16. The normalized spacial score (nSPS) is 21.3. The van der Waals surface area contributed by atoms with E-state index in [1.807, 2.05) is 6.92 Å². The molecule has 5 nitrogen and oxygen atoms in total. The van der Waals surface area contributed by atoms with Crippen LogP contribution in [0.15, 0.2) is 23.3 Å². The maximum Gasteiger partial charge on any atom is 0.334 e. The first-order valence-electron chi connectivity index (χ1n) is 9.40. The van der Waals surface area contributed by atoms with E-state index in [4.69, 9.17) is 9.47 Å². The molecule has 0 amide bonds. The van der Waals surface area contributed by atoms with Crippen molar-refractivity contribution in [2.45, 2.75) is 83.3 Å². The number of carboxylic acid groups (broad SMARTS) is 1. The van der Waals surface area contributed by atoms with Crippen LogP contribution in [0.2, 0.25) is 0 Å². The van der Waals surface area contributed by atoms with Gasteiger partial charge in [-0.15, -0.1) is 0 Å². The maximum absolute atomic E-state index is 12.3. The van der Waals surface area contributed by atoms with Gasteiger partial charge in [0.2, 0.25) is 0 Å². The van der Waals surface area contributed by atoms with Gasteiger partial charge in [0.05, 0.1) is 6.61 Å². The third-order valence-electron chi connectivity index (χ3n) is 5.07. The van der Waals surface area contributed by atoms with Gasteiger partial charge in [0.15, 0.2) is 0 Å². The summed E-state index contributed by atoms with van der Waals surface area (Å²) in [6.45, 7) is 8.54. The molecule has 0 aromatic rings. The summed E-state index contributed by atoms with van der Waals surface area (Å²) in [4.78, 5) is 24.0. The van der Waals surface area contributed by atoms with Crippen molar-refractivity contribution in [3.63, 3.8) is 0 Å². The Morgan fingerprint density at radius 3 is 2.40 bits per heavy atom. The number of carbonyl (C=O) groups excluding carboxylic acids is 1. The third-order valence-corrected chi connectivity index (χ3v) is 5.07. The highest BCUT2D eigenvalue weighted by Crippen LogP contribution is 2.49. The first-order chi connectivity index (χ1) is 11.9. The van der Waals surface area contributed by atoms with E-state index in [0.717, 1.165) is 44.1 Å². The van der Waals surface area contributed by atoms with Gasteiger partial charge in [0, 0.05) is 17.6 Å². The number of unbranched alkanes of at least 4 members (excludes halogenated alkanes) is 3. The van der Waals surface area contributed by atoms with Crippen molar-refractivity contribution in [3.8, 4) is 0 Å². The minimum atomic E-state index is -0.889. The standard InChI is InChI=1S/C20H30O5/c1-4-6-7-8-9-16(18(21)22)15(5-2)12-14(3)19(23)25-20(10-11-20)17-13-24-17/h17H,3-13H2,1-2H3,(H,21,22). The van der Waals surface area contributed by atoms with Crippen LogP contribution in [0.25, 0.3) is 0 Å². The van der Waals surface area contributed by atoms with Gasteiger partial charge >= 0.3 is 11.9 Å². The fraction of sp³-hybridized carbons (Fsp3) is 0.700. The molecule has 1 saturated heterocycles. The van der Waals surface area contributed by atoms with E-state index in [1.54, 1.807) is 0 Å². The molecule has 140 valence electrons. The largest absolute Gasteiger partial charge is 0.478 e. The Balaban J connectivity index is 1.95. The van der Waals surface area contributed by atoms with Crippen molar-refractivity contribution >= 4 is 11.9 Å². The van der Waals surface area contributed by atoms with Gasteiger partial charge in [-0.1, -0.05) is 45.3 Å². The van der Waals surface area contributed by atoms with Crippen LogP contribution in [0.4, 0.5) is 0 Å². The van der Waals surface area contributed by atoms with Crippen LogP contribution in [0, 0.1) is 0 Å². The summed E-state index contributed by atoms with van der Waals surface area (Å²) in [5.74, 6) is -1.31. The summed E-state index contributed by atoms with van der Waals surface area (Å²) in [6, 6.07) is 0. The van der Waals surface area contributed by atoms with E-state index in [1.165, 1.54) is 0 Å². The highest BCUT2D eigenvalue weighted by Gasteiger charge is 2.59. The number of carbonyl (C=O) groups is 2. The number of hydrogen-bond donors (Lipinski definition) is 1. The van der Waals surface area contributed by atoms with Crippen molar-refractivity contribution in [1.29, 1.82) is 0 Å². The van der Waals surface area contributed by atoms with Crippen LogP contribution in [-0.4, -0.2) is 35.4 Å². The average molecular weight is 350 g/mol. The van der Waals surface area contributed by atoms with E-state index < -0.39 is 17.5 Å². The summed E-state index contributed by atoms with van der Waals surface area (Å²) < 4.78 is 10.9. The first kappa shape index (κ1) is 19.7. The highest BCUT2D eigenvalue weighted by atomic mass is 16.6. The smallest absolute Gasteiger partial charge is 0.334 e. The molecule has 1 aliphatic carbocycles. The van der Waals surface area contributed by atoms with Gasteiger partial charge in [-0.3, -0.25) is 0 Å². The van der Waals surface area contributed by atoms with Crippen LogP contribution in [-0.2, 0) is 19.1 Å². The molecule has 0 aromatic carbocycles. The number of hydrogen-bond acceptors (Lipinski definition) is 4. The molecule has 5 heteroatoms. The molecular formula is C20H30O5.